The first kappa shape index (κ1) is 24.3. The first-order valence-electron chi connectivity index (χ1n) is 12.0. The van der Waals surface area contributed by atoms with E-state index in [0.717, 1.165) is 71.5 Å². The predicted molar refractivity (Wildman–Crippen MR) is 143 cm³/mol. The number of likely N-dealkylation sites (N-methyl/N-ethyl adjacent to an activating group) is 1. The normalized spacial score (nSPS) is 16.4. The molecule has 2 atom stereocenters. The maximum absolute atomic E-state index is 11.6. The van der Waals surface area contributed by atoms with Crippen molar-refractivity contribution in [2.45, 2.75) is 19.1 Å². The molecule has 1 fully saturated rings. The van der Waals surface area contributed by atoms with Gasteiger partial charge in [0, 0.05) is 53.7 Å². The molecule has 1 aliphatic rings. The van der Waals surface area contributed by atoms with Crippen molar-refractivity contribution in [1.29, 1.82) is 0 Å². The minimum absolute atomic E-state index is 0.0929. The van der Waals surface area contributed by atoms with E-state index in [4.69, 9.17) is 16.6 Å². The maximum atomic E-state index is 11.6. The van der Waals surface area contributed by atoms with Crippen molar-refractivity contribution in [3.05, 3.63) is 59.6 Å². The fourth-order valence-corrected chi connectivity index (χ4v) is 4.94. The zero-order valence-corrected chi connectivity index (χ0v) is 21.4. The number of aromatic nitrogens is 4. The standard InChI is InChI=1S/C26H29ClN8O/c1-17(31-25-20-6-7-28-14-23(20)29-16-30-25)21-13-18-12-19(27)4-5-22(18)32-26(21)35-10-8-34(9-11-35)24(15-36)33(2)3/h4-7,12-17,24H,8-11H2,1-3H3,(H,29,30,31)/t17-,24?/m0/s1. The molecule has 0 amide bonds. The number of aldehydes is 1. The Bertz CT molecular complexity index is 1380. The van der Waals surface area contributed by atoms with E-state index in [2.05, 4.69) is 43.1 Å². The third kappa shape index (κ3) is 4.82. The van der Waals surface area contributed by atoms with Gasteiger partial charge < -0.3 is 15.0 Å². The second kappa shape index (κ2) is 10.3. The number of carbonyl (C=O) groups excluding carboxylic acids is 1. The summed E-state index contributed by atoms with van der Waals surface area (Å²) in [5.74, 6) is 1.67. The molecule has 5 rings (SSSR count). The number of nitrogens with zero attached hydrogens (tertiary/aromatic N) is 7. The van der Waals surface area contributed by atoms with Crippen molar-refractivity contribution >= 4 is 51.3 Å². The number of fused-ring (bicyclic) bond motifs is 2. The lowest BCUT2D eigenvalue weighted by atomic mass is 10.0. The van der Waals surface area contributed by atoms with Gasteiger partial charge in [-0.3, -0.25) is 14.8 Å². The van der Waals surface area contributed by atoms with Crippen molar-refractivity contribution < 1.29 is 4.79 Å². The van der Waals surface area contributed by atoms with Gasteiger partial charge in [-0.1, -0.05) is 11.6 Å². The van der Waals surface area contributed by atoms with Crippen LogP contribution in [0.4, 0.5) is 11.6 Å². The fourth-order valence-electron chi connectivity index (χ4n) is 4.76. The van der Waals surface area contributed by atoms with Crippen molar-refractivity contribution in [3.63, 3.8) is 0 Å². The molecule has 1 aromatic carbocycles. The number of hydrogen-bond donors (Lipinski definition) is 1. The monoisotopic (exact) mass is 504 g/mol. The highest BCUT2D eigenvalue weighted by molar-refractivity contribution is 6.31. The number of anilines is 2. The number of hydrogen-bond acceptors (Lipinski definition) is 9. The third-order valence-electron chi connectivity index (χ3n) is 6.68. The van der Waals surface area contributed by atoms with Crippen LogP contribution in [0.2, 0.25) is 5.02 Å². The molecule has 4 aromatic rings. The highest BCUT2D eigenvalue weighted by Crippen LogP contribution is 2.33. The van der Waals surface area contributed by atoms with Gasteiger partial charge in [-0.25, -0.2) is 15.0 Å². The van der Waals surface area contributed by atoms with Crippen LogP contribution >= 0.6 is 11.6 Å². The Hall–Kier alpha value is -3.40. The van der Waals surface area contributed by atoms with Gasteiger partial charge in [-0.15, -0.1) is 0 Å². The Kier molecular flexibility index (Phi) is 6.95. The van der Waals surface area contributed by atoms with E-state index in [9.17, 15) is 4.79 Å². The topological polar surface area (TPSA) is 90.4 Å². The zero-order chi connectivity index (χ0) is 25.2. The molecule has 0 radical (unpaired) electrons. The second-order valence-corrected chi connectivity index (χ2v) is 9.69. The summed E-state index contributed by atoms with van der Waals surface area (Å²) in [7, 11) is 3.86. The van der Waals surface area contributed by atoms with Crippen LogP contribution in [0.1, 0.15) is 18.5 Å². The minimum Gasteiger partial charge on any atom is -0.363 e. The molecular weight excluding hydrogens is 476 g/mol. The van der Waals surface area contributed by atoms with Gasteiger partial charge in [0.25, 0.3) is 0 Å². The molecule has 1 saturated heterocycles. The van der Waals surface area contributed by atoms with Crippen molar-refractivity contribution in [3.8, 4) is 0 Å². The summed E-state index contributed by atoms with van der Waals surface area (Å²) in [5.41, 5.74) is 2.73. The number of carbonyl (C=O) groups is 1. The first-order valence-corrected chi connectivity index (χ1v) is 12.3. The largest absolute Gasteiger partial charge is 0.363 e. The lowest BCUT2D eigenvalue weighted by Crippen LogP contribution is -2.55. The summed E-state index contributed by atoms with van der Waals surface area (Å²) in [6.45, 7) is 5.19. The fraction of sp³-hybridized carbons (Fsp3) is 0.346. The molecule has 36 heavy (non-hydrogen) atoms. The Morgan fingerprint density at radius 2 is 1.89 bits per heavy atom. The van der Waals surface area contributed by atoms with Crippen LogP contribution in [0.15, 0.2) is 49.1 Å². The number of rotatable bonds is 7. The summed E-state index contributed by atoms with van der Waals surface area (Å²) in [6, 6.07) is 9.75. The van der Waals surface area contributed by atoms with E-state index >= 15 is 0 Å². The highest BCUT2D eigenvalue weighted by atomic mass is 35.5. The number of piperazine rings is 1. The first-order chi connectivity index (χ1) is 17.4. The minimum atomic E-state index is -0.223. The average molecular weight is 505 g/mol. The van der Waals surface area contributed by atoms with Crippen LogP contribution in [0, 0.1) is 0 Å². The molecule has 4 heterocycles. The lowest BCUT2D eigenvalue weighted by molar-refractivity contribution is -0.117. The Morgan fingerprint density at radius 1 is 1.08 bits per heavy atom. The SMILES string of the molecule is C[C@H](Nc1ncnc2cnccc12)c1cc2cc(Cl)ccc2nc1N1CCN(C(C=O)N(C)C)CC1. The summed E-state index contributed by atoms with van der Waals surface area (Å²) in [4.78, 5) is 36.2. The van der Waals surface area contributed by atoms with Crippen molar-refractivity contribution in [2.75, 3.05) is 50.5 Å². The molecule has 10 heteroatoms. The quantitative estimate of drug-likeness (QED) is 0.379. The summed E-state index contributed by atoms with van der Waals surface area (Å²) >= 11 is 6.30. The smallest absolute Gasteiger partial charge is 0.151 e. The molecule has 186 valence electrons. The van der Waals surface area contributed by atoms with Crippen LogP contribution in [0.5, 0.6) is 0 Å². The van der Waals surface area contributed by atoms with Gasteiger partial charge in [0.05, 0.1) is 23.3 Å². The van der Waals surface area contributed by atoms with Crippen LogP contribution in [0.25, 0.3) is 21.8 Å². The van der Waals surface area contributed by atoms with Gasteiger partial charge in [-0.2, -0.15) is 0 Å². The summed E-state index contributed by atoms with van der Waals surface area (Å²) in [6.07, 6.45) is 5.81. The van der Waals surface area contributed by atoms with E-state index in [-0.39, 0.29) is 12.2 Å². The molecule has 0 spiro atoms. The van der Waals surface area contributed by atoms with Crippen LogP contribution in [-0.2, 0) is 4.79 Å². The number of nitrogens with one attached hydrogen (secondary N) is 1. The van der Waals surface area contributed by atoms with Crippen LogP contribution < -0.4 is 10.2 Å². The average Bonchev–Trinajstić information content (AvgIpc) is 2.89. The molecular formula is C26H29ClN8O. The second-order valence-electron chi connectivity index (χ2n) is 9.26. The Morgan fingerprint density at radius 3 is 2.64 bits per heavy atom. The maximum Gasteiger partial charge on any atom is 0.151 e. The Balaban J connectivity index is 1.49. The Labute approximate surface area is 215 Å². The number of benzene rings is 1. The zero-order valence-electron chi connectivity index (χ0n) is 20.6. The van der Waals surface area contributed by atoms with Crippen LogP contribution in [0.3, 0.4) is 0 Å². The van der Waals surface area contributed by atoms with Crippen molar-refractivity contribution in [2.24, 2.45) is 0 Å². The van der Waals surface area contributed by atoms with Gasteiger partial charge in [0.1, 0.15) is 24.1 Å². The number of halogens is 1. The van der Waals surface area contributed by atoms with E-state index in [0.29, 0.717) is 5.02 Å². The summed E-state index contributed by atoms with van der Waals surface area (Å²) < 4.78 is 0. The third-order valence-corrected chi connectivity index (χ3v) is 6.92. The lowest BCUT2D eigenvalue weighted by Gasteiger charge is -2.40. The number of pyridine rings is 2. The molecule has 0 saturated carbocycles. The molecule has 0 aliphatic carbocycles. The molecule has 1 unspecified atom stereocenters. The van der Waals surface area contributed by atoms with Gasteiger partial charge in [0.2, 0.25) is 0 Å². The highest BCUT2D eigenvalue weighted by Gasteiger charge is 2.28. The van der Waals surface area contributed by atoms with Crippen molar-refractivity contribution in [1.82, 2.24) is 29.7 Å². The molecule has 1 N–H and O–H groups in total. The molecule has 0 bridgehead atoms. The van der Waals surface area contributed by atoms with E-state index < -0.39 is 0 Å². The molecule has 3 aromatic heterocycles. The van der Waals surface area contributed by atoms with Gasteiger partial charge >= 0.3 is 0 Å². The van der Waals surface area contributed by atoms with Gasteiger partial charge in [0.15, 0.2) is 6.29 Å². The van der Waals surface area contributed by atoms with E-state index in [1.807, 2.05) is 43.3 Å². The molecule has 1 aliphatic heterocycles. The van der Waals surface area contributed by atoms with Crippen LogP contribution in [-0.4, -0.2) is 82.5 Å². The molecule has 9 nitrogen and oxygen atoms in total. The predicted octanol–water partition coefficient (Wildman–Crippen LogP) is 3.61. The van der Waals surface area contributed by atoms with E-state index in [1.54, 1.807) is 18.7 Å². The van der Waals surface area contributed by atoms with Gasteiger partial charge in [-0.05, 0) is 51.4 Å². The summed E-state index contributed by atoms with van der Waals surface area (Å²) in [5, 5.41) is 6.14. The van der Waals surface area contributed by atoms with E-state index in [1.165, 1.54) is 0 Å².